The van der Waals surface area contributed by atoms with Gasteiger partial charge in [0, 0.05) is 13.6 Å². The Kier molecular flexibility index (Phi) is 4.92. The van der Waals surface area contributed by atoms with Gasteiger partial charge in [-0.05, 0) is 31.0 Å². The Morgan fingerprint density at radius 3 is 2.50 bits per heavy atom. The van der Waals surface area contributed by atoms with E-state index in [4.69, 9.17) is 5.73 Å². The highest BCUT2D eigenvalue weighted by Gasteiger charge is 2.18. The summed E-state index contributed by atoms with van der Waals surface area (Å²) in [5.74, 6) is 0.101. The number of nitrogens with zero attached hydrogens (tertiary/aromatic N) is 1. The smallest absolute Gasteiger partial charge is 0.239 e. The fourth-order valence-corrected chi connectivity index (χ4v) is 1.74. The van der Waals surface area contributed by atoms with E-state index in [1.807, 2.05) is 6.92 Å². The molecular weight excluding hydrogens is 228 g/mol. The molecule has 3 N–H and O–H groups in total. The van der Waals surface area contributed by atoms with Crippen LogP contribution in [0, 0.1) is 0 Å². The predicted octanol–water partition coefficient (Wildman–Crippen LogP) is 1.30. The second-order valence-electron chi connectivity index (χ2n) is 4.63. The molecule has 0 saturated heterocycles. The molecular formula is C14H20N2O2. The predicted molar refractivity (Wildman–Crippen MR) is 72.2 cm³/mol. The monoisotopic (exact) mass is 248 g/mol. The highest BCUT2D eigenvalue weighted by Crippen LogP contribution is 2.11. The van der Waals surface area contributed by atoms with Gasteiger partial charge in [-0.15, -0.1) is 0 Å². The van der Waals surface area contributed by atoms with Crippen LogP contribution in [0.25, 0.3) is 0 Å². The van der Waals surface area contributed by atoms with Crippen LogP contribution in [0.1, 0.15) is 12.5 Å². The number of phenols is 1. The third-order valence-corrected chi connectivity index (χ3v) is 2.59. The lowest BCUT2D eigenvalue weighted by molar-refractivity contribution is -0.130. The number of phenolic OH excluding ortho intramolecular Hbond substituents is 1. The molecule has 0 aliphatic carbocycles. The van der Waals surface area contributed by atoms with E-state index in [0.717, 1.165) is 11.1 Å². The fourth-order valence-electron chi connectivity index (χ4n) is 1.74. The van der Waals surface area contributed by atoms with Crippen LogP contribution in [0.15, 0.2) is 36.4 Å². The van der Waals surface area contributed by atoms with E-state index in [2.05, 4.69) is 6.58 Å². The molecule has 4 heteroatoms. The summed E-state index contributed by atoms with van der Waals surface area (Å²) in [5, 5.41) is 9.17. The molecule has 0 unspecified atom stereocenters. The Morgan fingerprint density at radius 2 is 2.00 bits per heavy atom. The van der Waals surface area contributed by atoms with Crippen LogP contribution in [0.2, 0.25) is 0 Å². The van der Waals surface area contributed by atoms with Crippen molar-refractivity contribution in [3.05, 3.63) is 42.0 Å². The maximum Gasteiger partial charge on any atom is 0.239 e. The minimum Gasteiger partial charge on any atom is -0.508 e. The van der Waals surface area contributed by atoms with E-state index in [0.29, 0.717) is 13.0 Å². The van der Waals surface area contributed by atoms with Crippen molar-refractivity contribution in [2.24, 2.45) is 5.73 Å². The number of hydrogen-bond donors (Lipinski definition) is 2. The highest BCUT2D eigenvalue weighted by molar-refractivity contribution is 5.81. The number of carbonyl (C=O) groups is 1. The van der Waals surface area contributed by atoms with Gasteiger partial charge in [0.2, 0.25) is 5.91 Å². The number of amides is 1. The number of rotatable bonds is 5. The van der Waals surface area contributed by atoms with Crippen LogP contribution < -0.4 is 5.73 Å². The molecule has 0 saturated carbocycles. The fraction of sp³-hybridized carbons (Fsp3) is 0.357. The minimum absolute atomic E-state index is 0.105. The third-order valence-electron chi connectivity index (χ3n) is 2.59. The maximum atomic E-state index is 12.0. The van der Waals surface area contributed by atoms with E-state index in [1.54, 1.807) is 36.2 Å². The van der Waals surface area contributed by atoms with Crippen molar-refractivity contribution < 1.29 is 9.90 Å². The minimum atomic E-state index is -0.570. The van der Waals surface area contributed by atoms with Gasteiger partial charge in [0.25, 0.3) is 0 Å². The Labute approximate surface area is 108 Å². The van der Waals surface area contributed by atoms with Gasteiger partial charge >= 0.3 is 0 Å². The lowest BCUT2D eigenvalue weighted by atomic mass is 10.1. The zero-order valence-corrected chi connectivity index (χ0v) is 10.9. The zero-order valence-electron chi connectivity index (χ0n) is 10.9. The molecule has 1 atom stereocenters. The summed E-state index contributed by atoms with van der Waals surface area (Å²) in [4.78, 5) is 13.5. The van der Waals surface area contributed by atoms with Crippen molar-refractivity contribution in [3.8, 4) is 5.75 Å². The molecule has 0 fully saturated rings. The quantitative estimate of drug-likeness (QED) is 0.772. The number of hydrogen-bond acceptors (Lipinski definition) is 3. The van der Waals surface area contributed by atoms with E-state index in [-0.39, 0.29) is 11.7 Å². The normalized spacial score (nSPS) is 11.9. The van der Waals surface area contributed by atoms with Gasteiger partial charge in [0.1, 0.15) is 5.75 Å². The van der Waals surface area contributed by atoms with E-state index in [9.17, 15) is 9.90 Å². The largest absolute Gasteiger partial charge is 0.508 e. The summed E-state index contributed by atoms with van der Waals surface area (Å²) < 4.78 is 0. The lowest BCUT2D eigenvalue weighted by Gasteiger charge is -2.21. The summed E-state index contributed by atoms with van der Waals surface area (Å²) in [6.07, 6.45) is 0.458. The second-order valence-corrected chi connectivity index (χ2v) is 4.63. The van der Waals surface area contributed by atoms with Crippen molar-refractivity contribution in [1.29, 1.82) is 0 Å². The van der Waals surface area contributed by atoms with Crippen molar-refractivity contribution in [2.45, 2.75) is 19.4 Å². The first kappa shape index (κ1) is 14.3. The van der Waals surface area contributed by atoms with Crippen molar-refractivity contribution >= 4 is 5.91 Å². The van der Waals surface area contributed by atoms with Gasteiger partial charge in [-0.1, -0.05) is 24.3 Å². The van der Waals surface area contributed by atoms with Crippen LogP contribution in [-0.4, -0.2) is 35.5 Å². The molecule has 1 aromatic carbocycles. The molecule has 1 rings (SSSR count). The molecule has 0 aromatic heterocycles. The average molecular weight is 248 g/mol. The molecule has 1 aromatic rings. The summed E-state index contributed by atoms with van der Waals surface area (Å²) in [7, 11) is 1.72. The van der Waals surface area contributed by atoms with Gasteiger partial charge in [0.15, 0.2) is 0 Å². The molecule has 1 amide bonds. The standard InChI is InChI=1S/C14H20N2O2/c1-10(2)9-16(3)14(18)13(15)8-11-4-6-12(17)7-5-11/h4-7,13,17H,1,8-9,15H2,2-3H3/t13-/m0/s1. The van der Waals surface area contributed by atoms with Crippen LogP contribution in [0.5, 0.6) is 5.75 Å². The van der Waals surface area contributed by atoms with Crippen molar-refractivity contribution in [1.82, 2.24) is 4.90 Å². The molecule has 0 aliphatic heterocycles. The summed E-state index contributed by atoms with van der Waals surface area (Å²) in [6, 6.07) is 6.13. The molecule has 18 heavy (non-hydrogen) atoms. The molecule has 0 bridgehead atoms. The van der Waals surface area contributed by atoms with E-state index >= 15 is 0 Å². The SMILES string of the molecule is C=C(C)CN(C)C(=O)[C@@H](N)Cc1ccc(O)cc1. The Morgan fingerprint density at radius 1 is 1.44 bits per heavy atom. The first-order chi connectivity index (χ1) is 8.40. The van der Waals surface area contributed by atoms with Crippen LogP contribution in [0.4, 0.5) is 0 Å². The molecule has 98 valence electrons. The number of likely N-dealkylation sites (N-methyl/N-ethyl adjacent to an activating group) is 1. The number of benzene rings is 1. The second kappa shape index (κ2) is 6.21. The first-order valence-corrected chi connectivity index (χ1v) is 5.83. The zero-order chi connectivity index (χ0) is 13.7. The van der Waals surface area contributed by atoms with Crippen LogP contribution >= 0.6 is 0 Å². The Balaban J connectivity index is 2.59. The summed E-state index contributed by atoms with van der Waals surface area (Å²) in [6.45, 7) is 6.15. The number of carbonyl (C=O) groups excluding carboxylic acids is 1. The first-order valence-electron chi connectivity index (χ1n) is 5.83. The van der Waals surface area contributed by atoms with Gasteiger partial charge < -0.3 is 15.7 Å². The van der Waals surface area contributed by atoms with E-state index in [1.165, 1.54) is 0 Å². The molecule has 0 heterocycles. The van der Waals surface area contributed by atoms with E-state index < -0.39 is 6.04 Å². The number of nitrogens with two attached hydrogens (primary N) is 1. The van der Waals surface area contributed by atoms with Gasteiger partial charge in [-0.3, -0.25) is 4.79 Å². The van der Waals surface area contributed by atoms with Gasteiger partial charge in [-0.25, -0.2) is 0 Å². The average Bonchev–Trinajstić information content (AvgIpc) is 2.30. The molecule has 0 spiro atoms. The molecule has 4 nitrogen and oxygen atoms in total. The summed E-state index contributed by atoms with van der Waals surface area (Å²) in [5.41, 5.74) is 7.73. The lowest BCUT2D eigenvalue weighted by Crippen LogP contribution is -2.43. The Bertz CT molecular complexity index is 426. The van der Waals surface area contributed by atoms with Crippen molar-refractivity contribution in [3.63, 3.8) is 0 Å². The maximum absolute atomic E-state index is 12.0. The van der Waals surface area contributed by atoms with Gasteiger partial charge in [-0.2, -0.15) is 0 Å². The highest BCUT2D eigenvalue weighted by atomic mass is 16.3. The van der Waals surface area contributed by atoms with Crippen molar-refractivity contribution in [2.75, 3.05) is 13.6 Å². The number of aromatic hydroxyl groups is 1. The van der Waals surface area contributed by atoms with Gasteiger partial charge in [0.05, 0.1) is 6.04 Å². The Hall–Kier alpha value is -1.81. The van der Waals surface area contributed by atoms with Crippen LogP contribution in [0.3, 0.4) is 0 Å². The third kappa shape index (κ3) is 4.22. The summed E-state index contributed by atoms with van der Waals surface area (Å²) >= 11 is 0. The molecule has 0 radical (unpaired) electrons. The topological polar surface area (TPSA) is 66.6 Å². The van der Waals surface area contributed by atoms with Crippen LogP contribution in [-0.2, 0) is 11.2 Å². The molecule has 0 aliphatic rings.